The zero-order valence-electron chi connectivity index (χ0n) is 12.2. The number of ketones is 1. The molecule has 1 aromatic carbocycles. The van der Waals surface area contributed by atoms with Crippen LogP contribution in [0.3, 0.4) is 0 Å². The predicted octanol–water partition coefficient (Wildman–Crippen LogP) is 3.38. The van der Waals surface area contributed by atoms with Gasteiger partial charge in [0.25, 0.3) is 0 Å². The standard InChI is InChI=1S/C15H14Cl2N4O2/c16-12-9(23-7-10-18-20-21-19-10)5-8-6-15(3-1-2-4-15)14(22)11(8)13(12)17/h5H,1-4,6-7H2,(H,18,19,20,21). The number of hydrogen-bond acceptors (Lipinski definition) is 5. The van der Waals surface area contributed by atoms with E-state index in [-0.39, 0.29) is 22.8 Å². The molecular formula is C15H14Cl2N4O2. The van der Waals surface area contributed by atoms with Gasteiger partial charge in [0.1, 0.15) is 10.8 Å². The summed E-state index contributed by atoms with van der Waals surface area (Å²) in [5.41, 5.74) is 1.22. The molecule has 23 heavy (non-hydrogen) atoms. The Kier molecular flexibility index (Phi) is 3.54. The highest BCUT2D eigenvalue weighted by atomic mass is 35.5. The van der Waals surface area contributed by atoms with Gasteiger partial charge >= 0.3 is 0 Å². The molecule has 0 saturated heterocycles. The third kappa shape index (κ3) is 2.32. The van der Waals surface area contributed by atoms with Gasteiger partial charge in [-0.3, -0.25) is 4.79 Å². The van der Waals surface area contributed by atoms with Gasteiger partial charge in [-0.05, 0) is 30.9 Å². The van der Waals surface area contributed by atoms with E-state index in [1.165, 1.54) is 0 Å². The molecule has 0 radical (unpaired) electrons. The second-order valence-electron chi connectivity index (χ2n) is 6.15. The summed E-state index contributed by atoms with van der Waals surface area (Å²) in [5, 5.41) is 14.0. The summed E-state index contributed by atoms with van der Waals surface area (Å²) in [7, 11) is 0. The molecule has 0 bridgehead atoms. The minimum atomic E-state index is -0.276. The highest BCUT2D eigenvalue weighted by Gasteiger charge is 2.48. The van der Waals surface area contributed by atoms with E-state index in [9.17, 15) is 4.79 Å². The van der Waals surface area contributed by atoms with Crippen molar-refractivity contribution in [3.63, 3.8) is 0 Å². The Balaban J connectivity index is 1.67. The van der Waals surface area contributed by atoms with E-state index in [2.05, 4.69) is 20.6 Å². The van der Waals surface area contributed by atoms with Crippen molar-refractivity contribution in [1.82, 2.24) is 20.6 Å². The van der Waals surface area contributed by atoms with E-state index >= 15 is 0 Å². The molecule has 1 heterocycles. The minimum absolute atomic E-state index is 0.129. The summed E-state index contributed by atoms with van der Waals surface area (Å²) >= 11 is 12.7. The third-order valence-electron chi connectivity index (χ3n) is 4.80. The number of carbonyl (C=O) groups is 1. The van der Waals surface area contributed by atoms with Crippen LogP contribution in [0.25, 0.3) is 0 Å². The first-order chi connectivity index (χ1) is 11.1. The van der Waals surface area contributed by atoms with Gasteiger partial charge in [0.15, 0.2) is 12.4 Å². The maximum absolute atomic E-state index is 12.8. The molecule has 0 atom stereocenters. The van der Waals surface area contributed by atoms with Gasteiger partial charge in [-0.25, -0.2) is 0 Å². The summed E-state index contributed by atoms with van der Waals surface area (Å²) in [4.78, 5) is 12.8. The van der Waals surface area contributed by atoms with Crippen molar-refractivity contribution < 1.29 is 9.53 Å². The number of tetrazole rings is 1. The molecule has 1 aromatic heterocycles. The molecule has 6 nitrogen and oxygen atoms in total. The molecule has 2 aromatic rings. The number of aromatic nitrogens is 4. The smallest absolute Gasteiger partial charge is 0.211 e. The van der Waals surface area contributed by atoms with E-state index < -0.39 is 0 Å². The Bertz CT molecular complexity index is 770. The van der Waals surface area contributed by atoms with Crippen LogP contribution in [0.5, 0.6) is 5.75 Å². The maximum atomic E-state index is 12.8. The average molecular weight is 353 g/mol. The molecule has 1 N–H and O–H groups in total. The second kappa shape index (κ2) is 5.46. The Labute approximate surface area is 142 Å². The number of aromatic amines is 1. The van der Waals surface area contributed by atoms with E-state index in [0.717, 1.165) is 37.7 Å². The lowest BCUT2D eigenvalue weighted by molar-refractivity contribution is 0.0827. The number of rotatable bonds is 3. The summed E-state index contributed by atoms with van der Waals surface area (Å²) in [6.45, 7) is 0.129. The SMILES string of the molecule is O=C1c2c(cc(OCc3nn[nH]n3)c(Cl)c2Cl)CC12CCCC2. The van der Waals surface area contributed by atoms with Crippen LogP contribution in [0.4, 0.5) is 0 Å². The van der Waals surface area contributed by atoms with Crippen LogP contribution in [0.1, 0.15) is 47.4 Å². The van der Waals surface area contributed by atoms with Gasteiger partial charge < -0.3 is 4.74 Å². The van der Waals surface area contributed by atoms with Crippen LogP contribution in [0.15, 0.2) is 6.07 Å². The summed E-state index contributed by atoms with van der Waals surface area (Å²) in [5.74, 6) is 1.01. The summed E-state index contributed by atoms with van der Waals surface area (Å²) < 4.78 is 5.66. The first kappa shape index (κ1) is 14.9. The summed E-state index contributed by atoms with van der Waals surface area (Å²) in [6.07, 6.45) is 4.75. The molecule has 2 aliphatic carbocycles. The highest BCUT2D eigenvalue weighted by molar-refractivity contribution is 6.45. The van der Waals surface area contributed by atoms with Crippen LogP contribution in [-0.4, -0.2) is 26.4 Å². The van der Waals surface area contributed by atoms with Crippen LogP contribution >= 0.6 is 23.2 Å². The monoisotopic (exact) mass is 352 g/mol. The summed E-state index contributed by atoms with van der Waals surface area (Å²) in [6, 6.07) is 1.83. The zero-order chi connectivity index (χ0) is 16.0. The van der Waals surface area contributed by atoms with Gasteiger partial charge in [-0.15, -0.1) is 10.2 Å². The first-order valence-corrected chi connectivity index (χ1v) is 8.27. The third-order valence-corrected chi connectivity index (χ3v) is 5.65. The molecule has 1 fully saturated rings. The van der Waals surface area contributed by atoms with Crippen molar-refractivity contribution in [2.75, 3.05) is 0 Å². The quantitative estimate of drug-likeness (QED) is 0.915. The van der Waals surface area contributed by atoms with Crippen molar-refractivity contribution in [3.05, 3.63) is 33.1 Å². The number of fused-ring (bicyclic) bond motifs is 1. The molecule has 0 unspecified atom stereocenters. The van der Waals surface area contributed by atoms with Crippen molar-refractivity contribution in [1.29, 1.82) is 0 Å². The Morgan fingerprint density at radius 1 is 1.26 bits per heavy atom. The fourth-order valence-electron chi connectivity index (χ4n) is 3.69. The highest BCUT2D eigenvalue weighted by Crippen LogP contribution is 2.52. The fourth-order valence-corrected chi connectivity index (χ4v) is 4.20. The number of benzene rings is 1. The molecule has 1 saturated carbocycles. The average Bonchev–Trinajstić information content (AvgIpc) is 3.25. The molecule has 1 spiro atoms. The zero-order valence-corrected chi connectivity index (χ0v) is 13.7. The number of carbonyl (C=O) groups excluding carboxylic acids is 1. The largest absolute Gasteiger partial charge is 0.484 e. The van der Waals surface area contributed by atoms with Crippen molar-refractivity contribution >= 4 is 29.0 Å². The minimum Gasteiger partial charge on any atom is -0.484 e. The van der Waals surface area contributed by atoms with E-state index in [1.807, 2.05) is 6.07 Å². The fraction of sp³-hybridized carbons (Fsp3) is 0.467. The molecule has 8 heteroatoms. The van der Waals surface area contributed by atoms with Gasteiger partial charge in [-0.1, -0.05) is 41.3 Å². The molecular weight excluding hydrogens is 339 g/mol. The van der Waals surface area contributed by atoms with Gasteiger partial charge in [0, 0.05) is 11.0 Å². The first-order valence-electron chi connectivity index (χ1n) is 7.51. The van der Waals surface area contributed by atoms with E-state index in [4.69, 9.17) is 27.9 Å². The molecule has 2 aliphatic rings. The number of H-pyrrole nitrogens is 1. The number of nitrogens with zero attached hydrogens (tertiary/aromatic N) is 3. The van der Waals surface area contributed by atoms with Crippen LogP contribution < -0.4 is 4.74 Å². The molecule has 0 amide bonds. The normalized spacial score (nSPS) is 18.6. The lowest BCUT2D eigenvalue weighted by Crippen LogP contribution is -2.23. The van der Waals surface area contributed by atoms with E-state index in [1.54, 1.807) is 0 Å². The number of hydrogen-bond donors (Lipinski definition) is 1. The molecule has 120 valence electrons. The number of ether oxygens (including phenoxy) is 1. The lowest BCUT2D eigenvalue weighted by atomic mass is 9.82. The van der Waals surface area contributed by atoms with Crippen molar-refractivity contribution in [2.45, 2.75) is 38.7 Å². The van der Waals surface area contributed by atoms with Gasteiger partial charge in [-0.2, -0.15) is 5.21 Å². The lowest BCUT2D eigenvalue weighted by Gasteiger charge is -2.19. The molecule has 0 aliphatic heterocycles. The topological polar surface area (TPSA) is 80.8 Å². The van der Waals surface area contributed by atoms with E-state index in [0.29, 0.717) is 22.2 Å². The molecule has 4 rings (SSSR count). The Morgan fingerprint density at radius 3 is 2.74 bits per heavy atom. The Morgan fingerprint density at radius 2 is 2.04 bits per heavy atom. The van der Waals surface area contributed by atoms with Crippen LogP contribution in [0, 0.1) is 5.41 Å². The van der Waals surface area contributed by atoms with Crippen molar-refractivity contribution in [3.8, 4) is 5.75 Å². The number of Topliss-reactive ketones (excluding diaryl/α,β-unsaturated/α-hetero) is 1. The van der Waals surface area contributed by atoms with Gasteiger partial charge in [0.05, 0.1) is 5.02 Å². The van der Waals surface area contributed by atoms with Crippen molar-refractivity contribution in [2.24, 2.45) is 5.41 Å². The maximum Gasteiger partial charge on any atom is 0.211 e. The predicted molar refractivity (Wildman–Crippen MR) is 83.9 cm³/mol. The van der Waals surface area contributed by atoms with Crippen LogP contribution in [0.2, 0.25) is 10.0 Å². The number of halogens is 2. The number of nitrogens with one attached hydrogen (secondary N) is 1. The van der Waals surface area contributed by atoms with Gasteiger partial charge in [0.2, 0.25) is 5.82 Å². The second-order valence-corrected chi connectivity index (χ2v) is 6.90. The Hall–Kier alpha value is -1.66. The van der Waals surface area contributed by atoms with Crippen LogP contribution in [-0.2, 0) is 13.0 Å².